The number of aliphatic hydroxyl groups is 1. The number of phenols is 1. The van der Waals surface area contributed by atoms with Crippen molar-refractivity contribution in [3.8, 4) is 22.7 Å². The van der Waals surface area contributed by atoms with Gasteiger partial charge in [0.15, 0.2) is 34.7 Å². The van der Waals surface area contributed by atoms with Crippen molar-refractivity contribution in [1.29, 1.82) is 0 Å². The maximum absolute atomic E-state index is 13.7. The summed E-state index contributed by atoms with van der Waals surface area (Å²) in [6, 6.07) is 10.5. The van der Waals surface area contributed by atoms with E-state index in [0.717, 1.165) is 0 Å². The molecule has 6 rings (SSSR count). The zero-order valence-corrected chi connectivity index (χ0v) is 20.0. The number of amides is 1. The minimum Gasteiger partial charge on any atom is -0.507 e. The Morgan fingerprint density at radius 1 is 1.03 bits per heavy atom. The second-order valence-electron chi connectivity index (χ2n) is 10.2. The molecule has 10 nitrogen and oxygen atoms in total. The predicted octanol–water partition coefficient (Wildman–Crippen LogP) is 1.18. The summed E-state index contributed by atoms with van der Waals surface area (Å²) >= 11 is 0. The molecule has 0 bridgehead atoms. The number of nitrogens with two attached hydrogens (primary N) is 1. The number of carbonyl (C=O) groups is 5. The number of Topliss-reactive ketones (excluding diaryl/α,β-unsaturated/α-hetero) is 4. The summed E-state index contributed by atoms with van der Waals surface area (Å²) in [4.78, 5) is 69.1. The number of hydrogen-bond acceptors (Lipinski definition) is 8. The van der Waals surface area contributed by atoms with E-state index in [9.17, 15) is 34.2 Å². The summed E-state index contributed by atoms with van der Waals surface area (Å²) < 4.78 is 1.84. The first-order chi connectivity index (χ1) is 18.1. The number of carbonyl (C=O) groups excluding carboxylic acids is 5. The van der Waals surface area contributed by atoms with Gasteiger partial charge in [-0.15, -0.1) is 0 Å². The molecule has 4 N–H and O–H groups in total. The number of hydrogen-bond donors (Lipinski definition) is 3. The van der Waals surface area contributed by atoms with Gasteiger partial charge in [-0.25, -0.2) is 4.98 Å². The molecule has 10 heteroatoms. The third kappa shape index (κ3) is 3.23. The number of aromatic nitrogens is 2. The van der Waals surface area contributed by atoms with Crippen LogP contribution in [0.4, 0.5) is 0 Å². The van der Waals surface area contributed by atoms with Crippen LogP contribution in [0.3, 0.4) is 0 Å². The molecule has 0 saturated heterocycles. The summed E-state index contributed by atoms with van der Waals surface area (Å²) in [5.41, 5.74) is 4.41. The summed E-state index contributed by atoms with van der Waals surface area (Å²) in [5, 5.41) is 21.9. The molecule has 1 aromatic carbocycles. The van der Waals surface area contributed by atoms with Crippen molar-refractivity contribution in [3.05, 3.63) is 66.1 Å². The molecule has 38 heavy (non-hydrogen) atoms. The van der Waals surface area contributed by atoms with Gasteiger partial charge in [0.2, 0.25) is 5.91 Å². The second kappa shape index (κ2) is 8.29. The predicted molar refractivity (Wildman–Crippen MR) is 131 cm³/mol. The van der Waals surface area contributed by atoms with Crippen LogP contribution in [0.2, 0.25) is 0 Å². The van der Waals surface area contributed by atoms with Gasteiger partial charge in [0.1, 0.15) is 11.6 Å². The Kier molecular flexibility index (Phi) is 5.22. The van der Waals surface area contributed by atoms with Crippen molar-refractivity contribution >= 4 is 29.0 Å². The molecule has 2 aromatic heterocycles. The zero-order valence-electron chi connectivity index (χ0n) is 20.0. The highest BCUT2D eigenvalue weighted by molar-refractivity contribution is 6.31. The van der Waals surface area contributed by atoms with Gasteiger partial charge in [0.05, 0.1) is 11.5 Å². The van der Waals surface area contributed by atoms with Crippen molar-refractivity contribution < 1.29 is 34.2 Å². The topological polar surface area (TPSA) is 170 Å². The molecule has 2 saturated carbocycles. The smallest absolute Gasteiger partial charge is 0.235 e. The molecule has 0 radical (unpaired) electrons. The second-order valence-corrected chi connectivity index (χ2v) is 10.2. The molecule has 1 amide bonds. The van der Waals surface area contributed by atoms with Crippen LogP contribution < -0.4 is 5.73 Å². The molecule has 192 valence electrons. The highest BCUT2D eigenvalue weighted by Crippen LogP contribution is 2.51. The van der Waals surface area contributed by atoms with Crippen LogP contribution in [0.5, 0.6) is 5.75 Å². The summed E-state index contributed by atoms with van der Waals surface area (Å²) in [6.45, 7) is 0. The maximum atomic E-state index is 13.7. The fourth-order valence-electron chi connectivity index (χ4n) is 6.42. The molecule has 0 aliphatic heterocycles. The number of primary amides is 1. The van der Waals surface area contributed by atoms with E-state index in [1.165, 1.54) is 6.07 Å². The van der Waals surface area contributed by atoms with Gasteiger partial charge in [0.25, 0.3) is 0 Å². The fourth-order valence-corrected chi connectivity index (χ4v) is 6.42. The summed E-state index contributed by atoms with van der Waals surface area (Å²) in [5.74, 6) is -9.60. The number of phenolic OH excluding ortho intramolecular Hbond substituents is 1. The number of pyridine rings is 1. The van der Waals surface area contributed by atoms with E-state index >= 15 is 0 Å². The molecule has 2 heterocycles. The van der Waals surface area contributed by atoms with Crippen LogP contribution in [-0.2, 0) is 25.6 Å². The highest BCUT2D eigenvalue weighted by atomic mass is 16.3. The van der Waals surface area contributed by atoms with E-state index in [1.807, 2.05) is 41.2 Å². The normalized spacial score (nSPS) is 28.4. The first-order valence-electron chi connectivity index (χ1n) is 12.2. The Morgan fingerprint density at radius 2 is 1.76 bits per heavy atom. The van der Waals surface area contributed by atoms with Crippen molar-refractivity contribution in [2.45, 2.75) is 24.9 Å². The van der Waals surface area contributed by atoms with Gasteiger partial charge in [0, 0.05) is 36.5 Å². The number of aromatic hydroxyl groups is 1. The number of rotatable bonds is 3. The summed E-state index contributed by atoms with van der Waals surface area (Å²) in [7, 11) is 0. The highest BCUT2D eigenvalue weighted by Gasteiger charge is 2.66. The number of nitrogens with zero attached hydrogens (tertiary/aromatic N) is 2. The Morgan fingerprint density at radius 3 is 2.42 bits per heavy atom. The van der Waals surface area contributed by atoms with Crippen LogP contribution in [0, 0.1) is 23.7 Å². The van der Waals surface area contributed by atoms with Crippen molar-refractivity contribution in [3.63, 3.8) is 0 Å². The van der Waals surface area contributed by atoms with Crippen LogP contribution >= 0.6 is 0 Å². The van der Waals surface area contributed by atoms with Gasteiger partial charge in [-0.2, -0.15) is 0 Å². The third-order valence-corrected chi connectivity index (χ3v) is 8.21. The lowest BCUT2D eigenvalue weighted by molar-refractivity contribution is -0.175. The van der Waals surface area contributed by atoms with Gasteiger partial charge in [-0.05, 0) is 60.2 Å². The van der Waals surface area contributed by atoms with Crippen LogP contribution in [0.1, 0.15) is 28.8 Å². The maximum Gasteiger partial charge on any atom is 0.235 e. The third-order valence-electron chi connectivity index (χ3n) is 8.21. The monoisotopic (exact) mass is 513 g/mol. The van der Waals surface area contributed by atoms with Crippen LogP contribution in [0.15, 0.2) is 55.0 Å². The molecule has 2 unspecified atom stereocenters. The van der Waals surface area contributed by atoms with Gasteiger partial charge in [-0.1, -0.05) is 6.07 Å². The van der Waals surface area contributed by atoms with Crippen LogP contribution in [0.25, 0.3) is 16.9 Å². The minimum absolute atomic E-state index is 0.0422. The lowest BCUT2D eigenvalue weighted by Gasteiger charge is -2.48. The van der Waals surface area contributed by atoms with E-state index < -0.39 is 58.3 Å². The number of fused-ring (bicyclic) bond motifs is 3. The zero-order chi connectivity index (χ0) is 26.9. The Labute approximate surface area is 216 Å². The van der Waals surface area contributed by atoms with E-state index in [1.54, 1.807) is 12.3 Å². The first-order valence-corrected chi connectivity index (χ1v) is 12.2. The Hall–Kier alpha value is -4.44. The number of benzene rings is 1. The molecule has 3 aliphatic rings. The molecule has 3 aromatic rings. The average molecular weight is 514 g/mol. The fraction of sp³-hybridized carbons (Fsp3) is 0.286. The molecule has 0 spiro atoms. The Bertz CT molecular complexity index is 1540. The van der Waals surface area contributed by atoms with Crippen molar-refractivity contribution in [1.82, 2.24) is 9.55 Å². The first kappa shape index (κ1) is 23.9. The molecule has 2 fully saturated rings. The largest absolute Gasteiger partial charge is 0.507 e. The Balaban J connectivity index is 1.41. The average Bonchev–Trinajstić information content (AvgIpc) is 3.41. The van der Waals surface area contributed by atoms with Crippen molar-refractivity contribution in [2.75, 3.05) is 0 Å². The minimum atomic E-state index is -2.66. The van der Waals surface area contributed by atoms with Gasteiger partial charge < -0.3 is 20.5 Å². The van der Waals surface area contributed by atoms with E-state index in [0.29, 0.717) is 22.5 Å². The van der Waals surface area contributed by atoms with Gasteiger partial charge in [-0.3, -0.25) is 24.0 Å². The van der Waals surface area contributed by atoms with Gasteiger partial charge >= 0.3 is 0 Å². The molecule has 5 atom stereocenters. The lowest BCUT2D eigenvalue weighted by Crippen LogP contribution is -2.68. The molecular weight excluding hydrogens is 490 g/mol. The number of ketones is 4. The lowest BCUT2D eigenvalue weighted by atomic mass is 9.53. The van der Waals surface area contributed by atoms with E-state index in [-0.39, 0.29) is 30.6 Å². The standard InChI is InChI=1S/C28H23N3O7/c29-27(37)23-19(33)11-15-9-14-10-17-16(13-3-6-20(30-12-13)31-7-1-2-8-31)4-5-18(32)22(17)24(34)21(14)25(35)28(15,38)26(23)36/h1-8,12,14-15,21,23,32,38H,9-11H2,(H2,29,37)/t14-,15+,21?,23?,28+/m1/s1. The molecule has 3 aliphatic carbocycles. The molecular formula is C28H23N3O7. The van der Waals surface area contributed by atoms with E-state index in [4.69, 9.17) is 5.73 Å². The summed E-state index contributed by atoms with van der Waals surface area (Å²) in [6.07, 6.45) is 5.25. The van der Waals surface area contributed by atoms with Crippen molar-refractivity contribution in [2.24, 2.45) is 29.4 Å². The van der Waals surface area contributed by atoms with Crippen LogP contribution in [-0.4, -0.2) is 54.4 Å². The van der Waals surface area contributed by atoms with E-state index in [2.05, 4.69) is 4.98 Å². The SMILES string of the molecule is NC(=O)C1C(=O)C[C@@H]2C[C@@H]3Cc4c(-c5ccc(-n6cccc6)nc5)ccc(O)c4C(=O)C3C(=O)[C@]2(O)C1=O. The quantitative estimate of drug-likeness (QED) is 0.439.